The van der Waals surface area contributed by atoms with Crippen LogP contribution in [-0.2, 0) is 0 Å². The summed E-state index contributed by atoms with van der Waals surface area (Å²) in [5.74, 6) is -0.174. The number of aromatic nitrogens is 3. The van der Waals surface area contributed by atoms with Crippen LogP contribution in [0.3, 0.4) is 0 Å². The van der Waals surface area contributed by atoms with Gasteiger partial charge in [-0.05, 0) is 61.9 Å². The molecule has 0 atom stereocenters. The largest absolute Gasteiger partial charge is 0.494 e. The van der Waals surface area contributed by atoms with Crippen LogP contribution >= 0.6 is 0 Å². The fourth-order valence-electron chi connectivity index (χ4n) is 3.42. The van der Waals surface area contributed by atoms with Gasteiger partial charge in [0.2, 0.25) is 0 Å². The Hall–Kier alpha value is -4.20. The lowest BCUT2D eigenvalue weighted by Crippen LogP contribution is -2.10. The average Bonchev–Trinajstić information content (AvgIpc) is 3.17. The van der Waals surface area contributed by atoms with Gasteiger partial charge in [-0.3, -0.25) is 0 Å². The Labute approximate surface area is 184 Å². The predicted molar refractivity (Wildman–Crippen MR) is 119 cm³/mol. The number of aryl methyl sites for hydroxylation is 2. The van der Waals surface area contributed by atoms with E-state index in [-0.39, 0.29) is 17.2 Å². The normalized spacial score (nSPS) is 10.8. The monoisotopic (exact) mass is 432 g/mol. The molecule has 0 fully saturated rings. The van der Waals surface area contributed by atoms with E-state index < -0.39 is 5.97 Å². The van der Waals surface area contributed by atoms with E-state index in [4.69, 9.17) is 9.84 Å². The van der Waals surface area contributed by atoms with Gasteiger partial charge in [-0.2, -0.15) is 5.10 Å². The van der Waals surface area contributed by atoms with Crippen molar-refractivity contribution in [3.63, 3.8) is 0 Å². The van der Waals surface area contributed by atoms with Crippen LogP contribution in [0.15, 0.2) is 60.7 Å². The molecule has 32 heavy (non-hydrogen) atoms. The van der Waals surface area contributed by atoms with Gasteiger partial charge in [-0.1, -0.05) is 12.1 Å². The zero-order valence-corrected chi connectivity index (χ0v) is 17.8. The lowest BCUT2D eigenvalue weighted by molar-refractivity contribution is 0.0697. The van der Waals surface area contributed by atoms with Gasteiger partial charge in [-0.15, -0.1) is 0 Å². The number of para-hydroxylation sites is 1. The molecule has 2 aromatic carbocycles. The molecule has 8 heteroatoms. The number of hydrogen-bond acceptors (Lipinski definition) is 5. The van der Waals surface area contributed by atoms with Crippen molar-refractivity contribution in [1.29, 1.82) is 0 Å². The molecule has 0 amide bonds. The number of ether oxygens (including phenoxy) is 1. The Morgan fingerprint density at radius 1 is 1.09 bits per heavy atom. The molecule has 0 aliphatic carbocycles. The van der Waals surface area contributed by atoms with Crippen molar-refractivity contribution in [1.82, 2.24) is 14.8 Å². The summed E-state index contributed by atoms with van der Waals surface area (Å²) >= 11 is 0. The predicted octanol–water partition coefficient (Wildman–Crippen LogP) is 5.14. The molecule has 0 spiro atoms. The highest BCUT2D eigenvalue weighted by Gasteiger charge is 2.19. The Balaban J connectivity index is 1.91. The highest BCUT2D eigenvalue weighted by atomic mass is 19.1. The molecule has 0 bridgehead atoms. The van der Waals surface area contributed by atoms with Gasteiger partial charge in [0.15, 0.2) is 0 Å². The van der Waals surface area contributed by atoms with Crippen LogP contribution in [0.5, 0.6) is 5.75 Å². The smallest absolute Gasteiger partial charge is 0.339 e. The first-order chi connectivity index (χ1) is 15.4. The average molecular weight is 432 g/mol. The van der Waals surface area contributed by atoms with E-state index in [1.54, 1.807) is 43.0 Å². The van der Waals surface area contributed by atoms with Gasteiger partial charge < -0.3 is 15.2 Å². The molecule has 0 radical (unpaired) electrons. The summed E-state index contributed by atoms with van der Waals surface area (Å²) in [5.41, 5.74) is 3.56. The summed E-state index contributed by atoms with van der Waals surface area (Å²) in [6.07, 6.45) is 0. The minimum absolute atomic E-state index is 0.0310. The maximum atomic E-state index is 13.4. The summed E-state index contributed by atoms with van der Waals surface area (Å²) in [7, 11) is 1.57. The molecule has 4 rings (SSSR count). The molecule has 0 aliphatic heterocycles. The quantitative estimate of drug-likeness (QED) is 0.439. The number of hydrogen-bond donors (Lipinski definition) is 2. The van der Waals surface area contributed by atoms with E-state index in [0.717, 1.165) is 5.56 Å². The maximum absolute atomic E-state index is 13.4. The second-order valence-electron chi connectivity index (χ2n) is 7.24. The number of aromatic carboxylic acids is 1. The van der Waals surface area contributed by atoms with E-state index in [0.29, 0.717) is 34.2 Å². The molecule has 0 saturated carbocycles. The molecule has 0 saturated heterocycles. The van der Waals surface area contributed by atoms with Crippen molar-refractivity contribution in [2.24, 2.45) is 0 Å². The van der Waals surface area contributed by atoms with Crippen molar-refractivity contribution in [3.05, 3.63) is 83.3 Å². The summed E-state index contributed by atoms with van der Waals surface area (Å²) in [6.45, 7) is 3.71. The number of halogens is 1. The van der Waals surface area contributed by atoms with Crippen molar-refractivity contribution in [2.75, 3.05) is 12.4 Å². The zero-order chi connectivity index (χ0) is 22.8. The summed E-state index contributed by atoms with van der Waals surface area (Å²) in [6, 6.07) is 16.5. The molecule has 4 aromatic rings. The number of rotatable bonds is 6. The van der Waals surface area contributed by atoms with Crippen LogP contribution in [0.4, 0.5) is 16.0 Å². The van der Waals surface area contributed by atoms with Gasteiger partial charge in [-0.25, -0.2) is 18.9 Å². The third kappa shape index (κ3) is 4.02. The molecule has 2 heterocycles. The summed E-state index contributed by atoms with van der Waals surface area (Å²) in [5, 5.41) is 17.4. The van der Waals surface area contributed by atoms with E-state index >= 15 is 0 Å². The summed E-state index contributed by atoms with van der Waals surface area (Å²) in [4.78, 5) is 16.1. The molecule has 0 aliphatic rings. The minimum atomic E-state index is -1.10. The van der Waals surface area contributed by atoms with Crippen molar-refractivity contribution in [2.45, 2.75) is 13.8 Å². The maximum Gasteiger partial charge on any atom is 0.339 e. The Morgan fingerprint density at radius 2 is 1.84 bits per heavy atom. The first kappa shape index (κ1) is 21.0. The van der Waals surface area contributed by atoms with Gasteiger partial charge in [0.1, 0.15) is 34.5 Å². The number of pyridine rings is 1. The molecule has 162 valence electrons. The van der Waals surface area contributed by atoms with Crippen molar-refractivity contribution in [3.8, 4) is 22.7 Å². The highest BCUT2D eigenvalue weighted by molar-refractivity contribution is 5.94. The lowest BCUT2D eigenvalue weighted by atomic mass is 10.1. The van der Waals surface area contributed by atoms with E-state index in [1.807, 2.05) is 25.1 Å². The number of benzene rings is 2. The molecule has 0 unspecified atom stereocenters. The molecular formula is C24H21FN4O3. The van der Waals surface area contributed by atoms with Gasteiger partial charge in [0, 0.05) is 17.3 Å². The first-order valence-corrected chi connectivity index (χ1v) is 9.85. The highest BCUT2D eigenvalue weighted by Crippen LogP contribution is 2.33. The van der Waals surface area contributed by atoms with Gasteiger partial charge in [0.05, 0.1) is 12.8 Å². The Bertz CT molecular complexity index is 1300. The number of methoxy groups -OCH3 is 1. The van der Waals surface area contributed by atoms with Crippen molar-refractivity contribution < 1.29 is 19.0 Å². The minimum Gasteiger partial charge on any atom is -0.494 e. The fraction of sp³-hybridized carbons (Fsp3) is 0.125. The third-order valence-corrected chi connectivity index (χ3v) is 4.99. The lowest BCUT2D eigenvalue weighted by Gasteiger charge is -2.15. The number of carboxylic acid groups (broad SMARTS) is 1. The molecule has 2 N–H and O–H groups in total. The summed E-state index contributed by atoms with van der Waals surface area (Å²) < 4.78 is 20.6. The standard InChI is InChI=1S/C24H21FN4O3/c1-14-5-4-6-20(32-3)22(14)29-21(13-19(28-29)16-8-10-17(25)11-9-16)27-23-18(24(30)31)12-7-15(2)26-23/h4-13H,1-3H3,(H,26,27)(H,30,31). The van der Waals surface area contributed by atoms with E-state index in [1.165, 1.54) is 18.2 Å². The topological polar surface area (TPSA) is 89.3 Å². The molecule has 7 nitrogen and oxygen atoms in total. The van der Waals surface area contributed by atoms with E-state index in [2.05, 4.69) is 10.3 Å². The Morgan fingerprint density at radius 3 is 2.53 bits per heavy atom. The molecular weight excluding hydrogens is 411 g/mol. The SMILES string of the molecule is COc1cccc(C)c1-n1nc(-c2ccc(F)cc2)cc1Nc1nc(C)ccc1C(=O)O. The molecule has 2 aromatic heterocycles. The number of nitrogens with zero attached hydrogens (tertiary/aromatic N) is 3. The van der Waals surface area contributed by atoms with Crippen LogP contribution in [0, 0.1) is 19.7 Å². The van der Waals surface area contributed by atoms with Crippen molar-refractivity contribution >= 4 is 17.6 Å². The van der Waals surface area contributed by atoms with Crippen LogP contribution in [0.25, 0.3) is 16.9 Å². The number of carboxylic acids is 1. The second kappa shape index (κ2) is 8.50. The zero-order valence-electron chi connectivity index (χ0n) is 17.8. The van der Waals surface area contributed by atoms with Gasteiger partial charge >= 0.3 is 5.97 Å². The first-order valence-electron chi connectivity index (χ1n) is 9.85. The van der Waals surface area contributed by atoms with E-state index in [9.17, 15) is 14.3 Å². The van der Waals surface area contributed by atoms with Crippen LogP contribution in [-0.4, -0.2) is 33.0 Å². The third-order valence-electron chi connectivity index (χ3n) is 4.99. The van der Waals surface area contributed by atoms with Crippen LogP contribution < -0.4 is 10.1 Å². The fourth-order valence-corrected chi connectivity index (χ4v) is 3.42. The number of anilines is 2. The second-order valence-corrected chi connectivity index (χ2v) is 7.24. The number of nitrogens with one attached hydrogen (secondary N) is 1. The van der Waals surface area contributed by atoms with Gasteiger partial charge in [0.25, 0.3) is 0 Å². The number of carbonyl (C=O) groups is 1. The Kier molecular flexibility index (Phi) is 5.59. The van der Waals surface area contributed by atoms with Crippen LogP contribution in [0.2, 0.25) is 0 Å². The van der Waals surface area contributed by atoms with Crippen LogP contribution in [0.1, 0.15) is 21.6 Å².